The van der Waals surface area contributed by atoms with Crippen LogP contribution in [0, 0.1) is 0 Å². The molecule has 0 saturated carbocycles. The monoisotopic (exact) mass is 270 g/mol. The summed E-state index contributed by atoms with van der Waals surface area (Å²) in [6.07, 6.45) is 0.683. The van der Waals surface area contributed by atoms with E-state index in [1.54, 1.807) is 19.1 Å². The van der Waals surface area contributed by atoms with Crippen LogP contribution in [0.3, 0.4) is 0 Å². The van der Waals surface area contributed by atoms with Crippen LogP contribution >= 0.6 is 15.9 Å². The number of ketones is 1. The molecule has 80 valence electrons. The molecule has 0 radical (unpaired) electrons. The van der Waals surface area contributed by atoms with Gasteiger partial charge >= 0.3 is 0 Å². The fourth-order valence-electron chi connectivity index (χ4n) is 1.27. The molecule has 0 spiro atoms. The van der Waals surface area contributed by atoms with Gasteiger partial charge in [0.05, 0.1) is 17.7 Å². The fraction of sp³-hybridized carbons (Fsp3) is 0.273. The van der Waals surface area contributed by atoms with Gasteiger partial charge in [0, 0.05) is 4.47 Å². The quantitative estimate of drug-likeness (QED) is 0.624. The molecule has 3 nitrogen and oxygen atoms in total. The van der Waals surface area contributed by atoms with Crippen LogP contribution in [-0.4, -0.2) is 18.7 Å². The van der Waals surface area contributed by atoms with E-state index in [2.05, 4.69) is 15.9 Å². The van der Waals surface area contributed by atoms with Crippen LogP contribution in [0.5, 0.6) is 5.75 Å². The first-order valence-electron chi connectivity index (χ1n) is 4.52. The molecular weight excluding hydrogens is 260 g/mol. The minimum absolute atomic E-state index is 0.122. The van der Waals surface area contributed by atoms with Crippen LogP contribution in [0.2, 0.25) is 0 Å². The average molecular weight is 271 g/mol. The zero-order valence-corrected chi connectivity index (χ0v) is 10.1. The van der Waals surface area contributed by atoms with Crippen LogP contribution in [-0.2, 0) is 0 Å². The lowest BCUT2D eigenvalue weighted by atomic mass is 10.1. The third-order valence-corrected chi connectivity index (χ3v) is 2.34. The zero-order valence-electron chi connectivity index (χ0n) is 8.54. The van der Waals surface area contributed by atoms with E-state index in [0.29, 0.717) is 34.2 Å². The number of aldehydes is 1. The summed E-state index contributed by atoms with van der Waals surface area (Å²) in [4.78, 5) is 22.2. The molecule has 0 unspecified atom stereocenters. The van der Waals surface area contributed by atoms with Crippen molar-refractivity contribution in [3.63, 3.8) is 0 Å². The third-order valence-electron chi connectivity index (χ3n) is 1.88. The number of ether oxygens (including phenoxy) is 1. The first kappa shape index (κ1) is 11.9. The third kappa shape index (κ3) is 2.65. The lowest BCUT2D eigenvalue weighted by Crippen LogP contribution is -2.04. The van der Waals surface area contributed by atoms with Crippen LogP contribution in [0.4, 0.5) is 0 Å². The van der Waals surface area contributed by atoms with Gasteiger partial charge in [-0.05, 0) is 26.0 Å². The van der Waals surface area contributed by atoms with Gasteiger partial charge in [0.1, 0.15) is 5.75 Å². The molecule has 0 bridgehead atoms. The Bertz CT molecular complexity index is 399. The normalized spacial score (nSPS) is 9.80. The molecule has 0 heterocycles. The summed E-state index contributed by atoms with van der Waals surface area (Å²) in [5.41, 5.74) is 0.810. The number of benzene rings is 1. The Morgan fingerprint density at radius 2 is 2.20 bits per heavy atom. The van der Waals surface area contributed by atoms with E-state index >= 15 is 0 Å². The van der Waals surface area contributed by atoms with Gasteiger partial charge in [-0.15, -0.1) is 0 Å². The topological polar surface area (TPSA) is 43.4 Å². The van der Waals surface area contributed by atoms with E-state index < -0.39 is 0 Å². The molecule has 15 heavy (non-hydrogen) atoms. The van der Waals surface area contributed by atoms with Crippen molar-refractivity contribution in [1.82, 2.24) is 0 Å². The number of carbonyl (C=O) groups is 2. The molecule has 0 aliphatic heterocycles. The van der Waals surface area contributed by atoms with Crippen molar-refractivity contribution < 1.29 is 14.3 Å². The molecule has 0 fully saturated rings. The van der Waals surface area contributed by atoms with Crippen molar-refractivity contribution in [1.29, 1.82) is 0 Å². The van der Waals surface area contributed by atoms with E-state index in [9.17, 15) is 9.59 Å². The van der Waals surface area contributed by atoms with Gasteiger partial charge in [-0.1, -0.05) is 15.9 Å². The summed E-state index contributed by atoms with van der Waals surface area (Å²) in [6, 6.07) is 3.28. The molecule has 0 saturated heterocycles. The minimum atomic E-state index is -0.122. The Balaban J connectivity index is 3.39. The van der Waals surface area contributed by atoms with E-state index in [4.69, 9.17) is 4.74 Å². The fourth-order valence-corrected chi connectivity index (χ4v) is 1.74. The Morgan fingerprint density at radius 1 is 1.53 bits per heavy atom. The van der Waals surface area contributed by atoms with E-state index in [-0.39, 0.29) is 5.78 Å². The summed E-state index contributed by atoms with van der Waals surface area (Å²) in [5.74, 6) is 0.242. The highest BCUT2D eigenvalue weighted by molar-refractivity contribution is 9.10. The molecule has 1 rings (SSSR count). The molecule has 0 aromatic heterocycles. The Labute approximate surface area is 96.6 Å². The number of halogens is 1. The summed E-state index contributed by atoms with van der Waals surface area (Å²) in [7, 11) is 0. The second kappa shape index (κ2) is 5.07. The van der Waals surface area contributed by atoms with Gasteiger partial charge < -0.3 is 4.74 Å². The minimum Gasteiger partial charge on any atom is -0.492 e. The second-order valence-corrected chi connectivity index (χ2v) is 3.89. The first-order valence-corrected chi connectivity index (χ1v) is 5.32. The highest BCUT2D eigenvalue weighted by Crippen LogP contribution is 2.28. The molecule has 0 N–H and O–H groups in total. The van der Waals surface area contributed by atoms with Gasteiger partial charge in [0.15, 0.2) is 12.1 Å². The van der Waals surface area contributed by atoms with Crippen LogP contribution in [0.25, 0.3) is 0 Å². The summed E-state index contributed by atoms with van der Waals surface area (Å²) >= 11 is 3.24. The van der Waals surface area contributed by atoms with E-state index in [1.165, 1.54) is 6.92 Å². The van der Waals surface area contributed by atoms with Gasteiger partial charge in [-0.3, -0.25) is 9.59 Å². The summed E-state index contributed by atoms with van der Waals surface area (Å²) in [6.45, 7) is 3.67. The highest BCUT2D eigenvalue weighted by atomic mass is 79.9. The predicted octanol–water partition coefficient (Wildman–Crippen LogP) is 2.86. The average Bonchev–Trinajstić information content (AvgIpc) is 2.19. The SMILES string of the molecule is CCOc1c(C=O)cc(Br)cc1C(C)=O. The van der Waals surface area contributed by atoms with Crippen molar-refractivity contribution in [3.05, 3.63) is 27.7 Å². The Kier molecular flexibility index (Phi) is 4.03. The van der Waals surface area contributed by atoms with Crippen LogP contribution < -0.4 is 4.74 Å². The molecule has 1 aromatic rings. The second-order valence-electron chi connectivity index (χ2n) is 2.98. The van der Waals surface area contributed by atoms with Gasteiger partial charge in [0.2, 0.25) is 0 Å². The van der Waals surface area contributed by atoms with Gasteiger partial charge in [-0.25, -0.2) is 0 Å². The first-order chi connectivity index (χ1) is 7.10. The Hall–Kier alpha value is -1.16. The maximum absolute atomic E-state index is 11.3. The number of carbonyl (C=O) groups excluding carboxylic acids is 2. The van der Waals surface area contributed by atoms with Crippen LogP contribution in [0.1, 0.15) is 34.6 Å². The number of hydrogen-bond acceptors (Lipinski definition) is 3. The number of rotatable bonds is 4. The molecule has 0 atom stereocenters. The molecule has 1 aromatic carbocycles. The molecule has 4 heteroatoms. The standard InChI is InChI=1S/C11H11BrO3/c1-3-15-11-8(6-13)4-9(12)5-10(11)7(2)14/h4-6H,3H2,1-2H3. The lowest BCUT2D eigenvalue weighted by molar-refractivity contribution is 0.101. The van der Waals surface area contributed by atoms with Crippen LogP contribution in [0.15, 0.2) is 16.6 Å². The van der Waals surface area contributed by atoms with E-state index in [1.807, 2.05) is 0 Å². The van der Waals surface area contributed by atoms with Crippen molar-refractivity contribution in [2.75, 3.05) is 6.61 Å². The summed E-state index contributed by atoms with van der Waals surface area (Å²) < 4.78 is 6.00. The Morgan fingerprint density at radius 3 is 2.67 bits per heavy atom. The largest absolute Gasteiger partial charge is 0.492 e. The predicted molar refractivity (Wildman–Crippen MR) is 60.7 cm³/mol. The molecule has 0 aliphatic rings. The summed E-state index contributed by atoms with van der Waals surface area (Å²) in [5, 5.41) is 0. The van der Waals surface area contributed by atoms with Gasteiger partial charge in [-0.2, -0.15) is 0 Å². The molecule has 0 aliphatic carbocycles. The molecular formula is C11H11BrO3. The smallest absolute Gasteiger partial charge is 0.163 e. The maximum atomic E-state index is 11.3. The van der Waals surface area contributed by atoms with Crippen molar-refractivity contribution >= 4 is 28.0 Å². The zero-order chi connectivity index (χ0) is 11.4. The number of Topliss-reactive ketones (excluding diaryl/α,β-unsaturated/α-hetero) is 1. The maximum Gasteiger partial charge on any atom is 0.163 e. The molecule has 0 amide bonds. The van der Waals surface area contributed by atoms with Gasteiger partial charge in [0.25, 0.3) is 0 Å². The van der Waals surface area contributed by atoms with Crippen molar-refractivity contribution in [2.45, 2.75) is 13.8 Å². The highest BCUT2D eigenvalue weighted by Gasteiger charge is 2.14. The lowest BCUT2D eigenvalue weighted by Gasteiger charge is -2.10. The van der Waals surface area contributed by atoms with E-state index in [0.717, 1.165) is 0 Å². The number of hydrogen-bond donors (Lipinski definition) is 0. The van der Waals surface area contributed by atoms with Crippen molar-refractivity contribution in [2.24, 2.45) is 0 Å². The van der Waals surface area contributed by atoms with Crippen molar-refractivity contribution in [3.8, 4) is 5.75 Å².